The van der Waals surface area contributed by atoms with Gasteiger partial charge in [0.1, 0.15) is 5.75 Å². The minimum Gasteiger partial charge on any atom is -0.493 e. The van der Waals surface area contributed by atoms with Crippen molar-refractivity contribution in [1.29, 1.82) is 0 Å². The molecule has 1 amide bonds. The maximum atomic E-state index is 13.4. The first-order chi connectivity index (χ1) is 14.9. The van der Waals surface area contributed by atoms with Crippen molar-refractivity contribution in [3.8, 4) is 5.75 Å². The van der Waals surface area contributed by atoms with Crippen LogP contribution < -0.4 is 10.1 Å². The fourth-order valence-corrected chi connectivity index (χ4v) is 4.62. The van der Waals surface area contributed by atoms with Gasteiger partial charge in [-0.3, -0.25) is 4.79 Å². The number of benzene rings is 1. The van der Waals surface area contributed by atoms with E-state index < -0.39 is 11.7 Å². The molecule has 170 valence electrons. The number of carbonyl (C=O) groups excluding carboxylic acids is 2. The molecule has 31 heavy (non-hydrogen) atoms. The van der Waals surface area contributed by atoms with Crippen molar-refractivity contribution >= 4 is 17.6 Å². The highest BCUT2D eigenvalue weighted by molar-refractivity contribution is 6.24. The molecule has 0 aromatic heterocycles. The fraction of sp³-hybridized carbons (Fsp3) is 0.583. The summed E-state index contributed by atoms with van der Waals surface area (Å²) in [6.45, 7) is 8.31. The number of hydrogen-bond acceptors (Lipinski definition) is 6. The summed E-state index contributed by atoms with van der Waals surface area (Å²) in [5, 5.41) is 3.14. The second-order valence-electron chi connectivity index (χ2n) is 8.04. The smallest absolute Gasteiger partial charge is 0.493 e. The van der Waals surface area contributed by atoms with E-state index in [2.05, 4.69) is 5.32 Å². The predicted octanol–water partition coefficient (Wildman–Crippen LogP) is 4.30. The van der Waals surface area contributed by atoms with Crippen molar-refractivity contribution in [2.24, 2.45) is 0 Å². The number of carbonyl (C=O) groups is 2. The van der Waals surface area contributed by atoms with Crippen LogP contribution in [0.2, 0.25) is 0 Å². The molecular weight excluding hydrogens is 398 g/mol. The topological polar surface area (TPSA) is 83.1 Å². The quantitative estimate of drug-likeness (QED) is 0.648. The van der Waals surface area contributed by atoms with E-state index in [1.807, 2.05) is 32.9 Å². The number of methoxy groups -OCH3 is 1. The van der Waals surface area contributed by atoms with Crippen LogP contribution >= 0.6 is 0 Å². The van der Waals surface area contributed by atoms with E-state index in [9.17, 15) is 9.59 Å². The van der Waals surface area contributed by atoms with Crippen molar-refractivity contribution in [3.05, 3.63) is 34.6 Å². The molecule has 1 heterocycles. The van der Waals surface area contributed by atoms with Crippen LogP contribution in [0.4, 0.5) is 4.79 Å². The summed E-state index contributed by atoms with van der Waals surface area (Å²) < 4.78 is 22.2. The summed E-state index contributed by atoms with van der Waals surface area (Å²) in [6, 6.07) is 3.97. The van der Waals surface area contributed by atoms with E-state index in [1.54, 1.807) is 14.0 Å². The summed E-state index contributed by atoms with van der Waals surface area (Å²) in [6.07, 6.45) is 2.78. The molecule has 7 heteroatoms. The van der Waals surface area contributed by atoms with Gasteiger partial charge in [-0.25, -0.2) is 4.79 Å². The van der Waals surface area contributed by atoms with Gasteiger partial charge in [-0.1, -0.05) is 13.0 Å². The van der Waals surface area contributed by atoms with Crippen molar-refractivity contribution < 1.29 is 28.5 Å². The molecule has 1 aromatic rings. The fourth-order valence-electron chi connectivity index (χ4n) is 4.62. The Morgan fingerprint density at radius 3 is 2.45 bits per heavy atom. The lowest BCUT2D eigenvalue weighted by Crippen LogP contribution is -2.49. The zero-order valence-electron chi connectivity index (χ0n) is 19.1. The average Bonchev–Trinajstić information content (AvgIpc) is 2.99. The maximum absolute atomic E-state index is 13.4. The van der Waals surface area contributed by atoms with Gasteiger partial charge in [0.15, 0.2) is 5.76 Å². The molecule has 0 radical (unpaired) electrons. The van der Waals surface area contributed by atoms with E-state index in [0.717, 1.165) is 24.0 Å². The molecule has 7 nitrogen and oxygen atoms in total. The van der Waals surface area contributed by atoms with E-state index in [0.29, 0.717) is 48.5 Å². The van der Waals surface area contributed by atoms with Crippen LogP contribution in [-0.2, 0) is 25.4 Å². The Kier molecular flexibility index (Phi) is 7.26. The van der Waals surface area contributed by atoms with Crippen LogP contribution in [0.15, 0.2) is 17.9 Å². The molecule has 3 rings (SSSR count). The molecule has 0 bridgehead atoms. The molecule has 0 unspecified atom stereocenters. The number of nitrogens with one attached hydrogen (secondary N) is 1. The second-order valence-corrected chi connectivity index (χ2v) is 8.04. The lowest BCUT2D eigenvalue weighted by atomic mass is 9.79. The van der Waals surface area contributed by atoms with Crippen LogP contribution in [0.3, 0.4) is 0 Å². The van der Waals surface area contributed by atoms with Crippen LogP contribution in [0, 0.1) is 6.92 Å². The Morgan fingerprint density at radius 2 is 1.87 bits per heavy atom. The van der Waals surface area contributed by atoms with Gasteiger partial charge in [0.25, 0.3) is 5.91 Å². The van der Waals surface area contributed by atoms with Gasteiger partial charge in [0.2, 0.25) is 0 Å². The average molecular weight is 432 g/mol. The number of amides is 1. The van der Waals surface area contributed by atoms with Gasteiger partial charge in [-0.2, -0.15) is 0 Å². The van der Waals surface area contributed by atoms with Gasteiger partial charge >= 0.3 is 6.16 Å². The number of rotatable bonds is 7. The van der Waals surface area contributed by atoms with E-state index >= 15 is 0 Å². The van der Waals surface area contributed by atoms with Gasteiger partial charge < -0.3 is 24.3 Å². The summed E-state index contributed by atoms with van der Waals surface area (Å²) >= 11 is 0. The summed E-state index contributed by atoms with van der Waals surface area (Å²) in [7, 11) is 1.70. The first-order valence-corrected chi connectivity index (χ1v) is 11.1. The van der Waals surface area contributed by atoms with Crippen LogP contribution in [-0.4, -0.2) is 44.0 Å². The molecule has 1 aromatic carbocycles. The van der Waals surface area contributed by atoms with Crippen molar-refractivity contribution in [2.75, 3.05) is 20.3 Å². The van der Waals surface area contributed by atoms with Crippen LogP contribution in [0.1, 0.15) is 63.1 Å². The third kappa shape index (κ3) is 4.56. The third-order valence-electron chi connectivity index (χ3n) is 6.07. The second kappa shape index (κ2) is 9.73. The lowest BCUT2D eigenvalue weighted by molar-refractivity contribution is -0.116. The maximum Gasteiger partial charge on any atom is 0.513 e. The van der Waals surface area contributed by atoms with Crippen LogP contribution in [0.25, 0.3) is 5.57 Å². The van der Waals surface area contributed by atoms with E-state index in [-0.39, 0.29) is 18.6 Å². The highest BCUT2D eigenvalue weighted by Gasteiger charge is 2.51. The van der Waals surface area contributed by atoms with Gasteiger partial charge in [-0.15, -0.1) is 0 Å². The highest BCUT2D eigenvalue weighted by Crippen LogP contribution is 2.46. The Morgan fingerprint density at radius 1 is 1.16 bits per heavy atom. The normalized spacial score (nSPS) is 23.1. The monoisotopic (exact) mass is 431 g/mol. The van der Waals surface area contributed by atoms with Crippen molar-refractivity contribution in [3.63, 3.8) is 0 Å². The predicted molar refractivity (Wildman–Crippen MR) is 117 cm³/mol. The SMILES string of the molecule is CCOC(=O)OC1=C(c2c(CC)cc(C)cc2OCC)C(=O)NC12CCC(OC)CC2. The number of hydrogen-bond donors (Lipinski definition) is 1. The summed E-state index contributed by atoms with van der Waals surface area (Å²) in [4.78, 5) is 25.7. The number of ether oxygens (including phenoxy) is 4. The molecule has 1 aliphatic heterocycles. The zero-order valence-corrected chi connectivity index (χ0v) is 19.1. The number of aryl methyl sites for hydroxylation is 2. The molecule has 0 saturated heterocycles. The Bertz CT molecular complexity index is 867. The minimum absolute atomic E-state index is 0.125. The Hall–Kier alpha value is -2.54. The molecular formula is C24H33NO6. The van der Waals surface area contributed by atoms with Gasteiger partial charge in [0.05, 0.1) is 30.4 Å². The molecule has 1 saturated carbocycles. The van der Waals surface area contributed by atoms with E-state index in [4.69, 9.17) is 18.9 Å². The third-order valence-corrected chi connectivity index (χ3v) is 6.07. The van der Waals surface area contributed by atoms with Crippen LogP contribution in [0.5, 0.6) is 5.75 Å². The molecule has 2 aliphatic rings. The van der Waals surface area contributed by atoms with Gasteiger partial charge in [0, 0.05) is 12.7 Å². The highest BCUT2D eigenvalue weighted by atomic mass is 16.7. The molecule has 1 spiro atoms. The summed E-state index contributed by atoms with van der Waals surface area (Å²) in [5.41, 5.74) is 2.32. The van der Waals surface area contributed by atoms with Crippen molar-refractivity contribution in [2.45, 2.75) is 71.4 Å². The molecule has 0 atom stereocenters. The summed E-state index contributed by atoms with van der Waals surface area (Å²) in [5.74, 6) is 0.705. The molecule has 1 fully saturated rings. The van der Waals surface area contributed by atoms with E-state index in [1.165, 1.54) is 0 Å². The first-order valence-electron chi connectivity index (χ1n) is 11.1. The Labute approximate surface area is 184 Å². The molecule has 1 aliphatic carbocycles. The largest absolute Gasteiger partial charge is 0.513 e. The standard InChI is InChI=1S/C24H33NO6/c1-6-16-13-15(4)14-18(29-7-2)19(16)20-21(31-23(27)30-8-3)24(25-22(20)26)11-9-17(28-5)10-12-24/h13-14,17H,6-12H2,1-5H3,(H,25,26). The molecule has 1 N–H and O–H groups in total. The van der Waals surface area contributed by atoms with Crippen molar-refractivity contribution in [1.82, 2.24) is 5.32 Å². The lowest BCUT2D eigenvalue weighted by Gasteiger charge is -2.37. The first kappa shape index (κ1) is 23.1. The van der Waals surface area contributed by atoms with Gasteiger partial charge in [-0.05, 0) is 70.1 Å². The Balaban J connectivity index is 2.19. The minimum atomic E-state index is -0.803. The zero-order chi connectivity index (χ0) is 22.6.